The summed E-state index contributed by atoms with van der Waals surface area (Å²) in [4.78, 5) is 13.3. The summed E-state index contributed by atoms with van der Waals surface area (Å²) < 4.78 is 0. The lowest BCUT2D eigenvalue weighted by Crippen LogP contribution is -2.42. The quantitative estimate of drug-likeness (QED) is 0.620. The van der Waals surface area contributed by atoms with E-state index >= 15 is 0 Å². The molecule has 0 bridgehead atoms. The van der Waals surface area contributed by atoms with Crippen LogP contribution >= 0.6 is 11.8 Å². The maximum atomic E-state index is 11.2. The van der Waals surface area contributed by atoms with Crippen LogP contribution in [-0.2, 0) is 4.79 Å². The summed E-state index contributed by atoms with van der Waals surface area (Å²) >= 11 is 1.80. The normalized spacial score (nSPS) is 12.9. The third-order valence-corrected chi connectivity index (χ3v) is 2.83. The number of nitrogens with two attached hydrogens (primary N) is 1. The largest absolute Gasteiger partial charge is 0.359 e. The molecule has 0 heterocycles. The molecule has 0 rings (SSSR count). The highest BCUT2D eigenvalue weighted by molar-refractivity contribution is 7.98. The van der Waals surface area contributed by atoms with Gasteiger partial charge in [0.15, 0.2) is 0 Å². The minimum Gasteiger partial charge on any atom is -0.359 e. The van der Waals surface area contributed by atoms with Gasteiger partial charge in [0.25, 0.3) is 0 Å². The number of thioether (sulfide) groups is 1. The number of likely N-dealkylation sites (N-methyl/N-ethyl adjacent to an activating group) is 1. The van der Waals surface area contributed by atoms with E-state index in [1.807, 2.05) is 7.05 Å². The standard InChI is InChI=1S/C9H21N3OS/c1-11-9(13)6-8(7-10)12(2)4-5-14-3/h8H,4-7,10H2,1-3H3,(H,11,13). The topological polar surface area (TPSA) is 58.4 Å². The molecule has 4 nitrogen and oxygen atoms in total. The van der Waals surface area contributed by atoms with E-state index in [9.17, 15) is 4.79 Å². The van der Waals surface area contributed by atoms with E-state index in [1.54, 1.807) is 18.8 Å². The molecule has 0 fully saturated rings. The van der Waals surface area contributed by atoms with E-state index in [4.69, 9.17) is 5.73 Å². The monoisotopic (exact) mass is 219 g/mol. The SMILES string of the molecule is CNC(=O)CC(CN)N(C)CCSC. The first-order valence-electron chi connectivity index (χ1n) is 4.75. The lowest BCUT2D eigenvalue weighted by Gasteiger charge is -2.25. The van der Waals surface area contributed by atoms with Gasteiger partial charge in [-0.2, -0.15) is 11.8 Å². The van der Waals surface area contributed by atoms with Crippen LogP contribution in [0.1, 0.15) is 6.42 Å². The van der Waals surface area contributed by atoms with Crippen LogP contribution in [0.15, 0.2) is 0 Å². The lowest BCUT2D eigenvalue weighted by atomic mass is 10.2. The molecule has 14 heavy (non-hydrogen) atoms. The van der Waals surface area contributed by atoms with Crippen LogP contribution in [0.4, 0.5) is 0 Å². The van der Waals surface area contributed by atoms with Crippen LogP contribution < -0.4 is 11.1 Å². The highest BCUT2D eigenvalue weighted by Gasteiger charge is 2.15. The van der Waals surface area contributed by atoms with E-state index in [1.165, 1.54) is 0 Å². The second-order valence-corrected chi connectivity index (χ2v) is 4.23. The van der Waals surface area contributed by atoms with Crippen molar-refractivity contribution >= 4 is 17.7 Å². The fourth-order valence-electron chi connectivity index (χ4n) is 1.15. The highest BCUT2D eigenvalue weighted by Crippen LogP contribution is 2.02. The van der Waals surface area contributed by atoms with Gasteiger partial charge in [0.05, 0.1) is 0 Å². The number of amides is 1. The smallest absolute Gasteiger partial charge is 0.221 e. The molecule has 5 heteroatoms. The molecule has 0 aliphatic carbocycles. The molecule has 1 atom stereocenters. The molecule has 0 aliphatic heterocycles. The third-order valence-electron chi connectivity index (χ3n) is 2.24. The van der Waals surface area contributed by atoms with Gasteiger partial charge in [0.1, 0.15) is 0 Å². The van der Waals surface area contributed by atoms with Crippen LogP contribution in [0, 0.1) is 0 Å². The summed E-state index contributed by atoms with van der Waals surface area (Å²) in [5.41, 5.74) is 5.62. The minimum absolute atomic E-state index is 0.0523. The first-order chi connectivity index (χ1) is 6.65. The number of nitrogens with one attached hydrogen (secondary N) is 1. The van der Waals surface area contributed by atoms with E-state index in [0.717, 1.165) is 12.3 Å². The summed E-state index contributed by atoms with van der Waals surface area (Å²) in [6, 6.07) is 0.155. The molecule has 0 saturated heterocycles. The van der Waals surface area contributed by atoms with Crippen LogP contribution in [0.25, 0.3) is 0 Å². The minimum atomic E-state index is 0.0523. The Bertz CT molecular complexity index is 166. The number of hydrogen-bond donors (Lipinski definition) is 2. The Hall–Kier alpha value is -0.260. The zero-order valence-corrected chi connectivity index (χ0v) is 10.1. The second kappa shape index (κ2) is 8.08. The highest BCUT2D eigenvalue weighted by atomic mass is 32.2. The van der Waals surface area contributed by atoms with Gasteiger partial charge in [0, 0.05) is 38.4 Å². The van der Waals surface area contributed by atoms with Crippen molar-refractivity contribution in [2.75, 3.05) is 39.2 Å². The number of nitrogens with zero attached hydrogens (tertiary/aromatic N) is 1. The molecular formula is C9H21N3OS. The molecule has 0 aromatic rings. The molecule has 0 aliphatic rings. The lowest BCUT2D eigenvalue weighted by molar-refractivity contribution is -0.121. The van der Waals surface area contributed by atoms with Crippen molar-refractivity contribution < 1.29 is 4.79 Å². The number of carbonyl (C=O) groups is 1. The zero-order chi connectivity index (χ0) is 11.0. The number of hydrogen-bond acceptors (Lipinski definition) is 4. The molecule has 0 radical (unpaired) electrons. The Labute approximate surface area is 90.6 Å². The van der Waals surface area contributed by atoms with Gasteiger partial charge in [0.2, 0.25) is 5.91 Å². The van der Waals surface area contributed by atoms with Crippen molar-refractivity contribution in [3.8, 4) is 0 Å². The molecular weight excluding hydrogens is 198 g/mol. The predicted molar refractivity (Wildman–Crippen MR) is 62.5 cm³/mol. The maximum absolute atomic E-state index is 11.2. The van der Waals surface area contributed by atoms with Crippen LogP contribution in [0.5, 0.6) is 0 Å². The maximum Gasteiger partial charge on any atom is 0.221 e. The van der Waals surface area contributed by atoms with Gasteiger partial charge >= 0.3 is 0 Å². The van der Waals surface area contributed by atoms with Gasteiger partial charge in [-0.3, -0.25) is 4.79 Å². The number of carbonyl (C=O) groups excluding carboxylic acids is 1. The summed E-state index contributed by atoms with van der Waals surface area (Å²) in [6.45, 7) is 1.50. The van der Waals surface area contributed by atoms with Crippen LogP contribution in [0.2, 0.25) is 0 Å². The summed E-state index contributed by atoms with van der Waals surface area (Å²) in [6.07, 6.45) is 2.56. The van der Waals surface area contributed by atoms with Crippen molar-refractivity contribution in [3.63, 3.8) is 0 Å². The number of rotatable bonds is 7. The molecule has 84 valence electrons. The predicted octanol–water partition coefficient (Wildman–Crippen LogP) is -0.255. The van der Waals surface area contributed by atoms with Gasteiger partial charge in [-0.15, -0.1) is 0 Å². The Morgan fingerprint density at radius 3 is 2.71 bits per heavy atom. The van der Waals surface area contributed by atoms with Gasteiger partial charge in [-0.25, -0.2) is 0 Å². The molecule has 0 aromatic carbocycles. The third kappa shape index (κ3) is 5.47. The molecule has 0 saturated carbocycles. The summed E-state index contributed by atoms with van der Waals surface area (Å²) in [5.74, 6) is 1.12. The van der Waals surface area contributed by atoms with Crippen molar-refractivity contribution in [2.24, 2.45) is 5.73 Å². The van der Waals surface area contributed by atoms with Crippen molar-refractivity contribution in [2.45, 2.75) is 12.5 Å². The fraction of sp³-hybridized carbons (Fsp3) is 0.889. The Kier molecular flexibility index (Phi) is 7.93. The average Bonchev–Trinajstić information content (AvgIpc) is 2.21. The Balaban J connectivity index is 3.91. The first-order valence-corrected chi connectivity index (χ1v) is 6.14. The van der Waals surface area contributed by atoms with E-state index in [-0.39, 0.29) is 11.9 Å². The van der Waals surface area contributed by atoms with E-state index in [2.05, 4.69) is 16.5 Å². The van der Waals surface area contributed by atoms with Crippen LogP contribution in [-0.4, -0.2) is 56.0 Å². The molecule has 1 unspecified atom stereocenters. The van der Waals surface area contributed by atoms with Crippen molar-refractivity contribution in [1.82, 2.24) is 10.2 Å². The van der Waals surface area contributed by atoms with Crippen molar-refractivity contribution in [3.05, 3.63) is 0 Å². The molecule has 3 N–H and O–H groups in total. The molecule has 0 aromatic heterocycles. The van der Waals surface area contributed by atoms with Gasteiger partial charge < -0.3 is 16.0 Å². The first kappa shape index (κ1) is 13.7. The second-order valence-electron chi connectivity index (χ2n) is 3.24. The Morgan fingerprint density at radius 1 is 1.64 bits per heavy atom. The van der Waals surface area contributed by atoms with E-state index < -0.39 is 0 Å². The molecule has 1 amide bonds. The average molecular weight is 219 g/mol. The summed E-state index contributed by atoms with van der Waals surface area (Å²) in [7, 11) is 3.66. The fourth-order valence-corrected chi connectivity index (χ4v) is 1.62. The van der Waals surface area contributed by atoms with Crippen LogP contribution in [0.3, 0.4) is 0 Å². The van der Waals surface area contributed by atoms with E-state index in [0.29, 0.717) is 13.0 Å². The molecule has 0 spiro atoms. The van der Waals surface area contributed by atoms with Gasteiger partial charge in [-0.05, 0) is 13.3 Å². The van der Waals surface area contributed by atoms with Gasteiger partial charge in [-0.1, -0.05) is 0 Å². The van der Waals surface area contributed by atoms with Crippen molar-refractivity contribution in [1.29, 1.82) is 0 Å². The zero-order valence-electron chi connectivity index (χ0n) is 9.25. The summed E-state index contributed by atoms with van der Waals surface area (Å²) in [5, 5.41) is 2.61. The Morgan fingerprint density at radius 2 is 2.29 bits per heavy atom.